The van der Waals surface area contributed by atoms with Gasteiger partial charge in [0, 0.05) is 16.6 Å². The Morgan fingerprint density at radius 1 is 1.15 bits per heavy atom. The number of nitrogens with one attached hydrogen (secondary N) is 3. The Bertz CT molecular complexity index is 1360. The quantitative estimate of drug-likeness (QED) is 0.186. The second-order valence-corrected chi connectivity index (χ2v) is 10.8. The van der Waals surface area contributed by atoms with Crippen molar-refractivity contribution in [3.8, 4) is 22.9 Å². The summed E-state index contributed by atoms with van der Waals surface area (Å²) < 4.78 is 11.3. The van der Waals surface area contributed by atoms with Gasteiger partial charge in [0.15, 0.2) is 17.5 Å². The highest BCUT2D eigenvalue weighted by Crippen LogP contribution is 2.33. The number of carbonyl (C=O) groups excluding carboxylic acids is 2. The fourth-order valence-corrected chi connectivity index (χ4v) is 5.42. The molecule has 1 unspecified atom stereocenters. The summed E-state index contributed by atoms with van der Waals surface area (Å²) in [6.07, 6.45) is 6.16. The molecule has 0 aliphatic heterocycles. The molecule has 1 heterocycles. The second kappa shape index (κ2) is 14.6. The molecule has 1 aliphatic rings. The summed E-state index contributed by atoms with van der Waals surface area (Å²) in [6.45, 7) is 0.292. The average molecular weight is 628 g/mol. The molecule has 4 rings (SSSR count). The van der Waals surface area contributed by atoms with Gasteiger partial charge in [0.25, 0.3) is 0 Å². The third-order valence-electron chi connectivity index (χ3n) is 7.05. The number of benzene rings is 2. The molecule has 0 bridgehead atoms. The van der Waals surface area contributed by atoms with Gasteiger partial charge in [-0.15, -0.1) is 10.2 Å². The zero-order valence-electron chi connectivity index (χ0n) is 23.2. The molecule has 0 saturated heterocycles. The molecular formula is C28H35BrN8O4. The number of hydrogen-bond donors (Lipinski definition) is 4. The molecule has 1 aromatic heterocycles. The van der Waals surface area contributed by atoms with E-state index in [0.29, 0.717) is 46.2 Å². The summed E-state index contributed by atoms with van der Waals surface area (Å²) >= 11 is 3.47. The molecule has 1 saturated carbocycles. The Kier molecular flexibility index (Phi) is 10.7. The minimum absolute atomic E-state index is 0.0212. The minimum Gasteiger partial charge on any atom is -0.493 e. The van der Waals surface area contributed by atoms with Gasteiger partial charge in [-0.2, -0.15) is 5.21 Å². The lowest BCUT2D eigenvalue weighted by Gasteiger charge is -2.24. The molecular weight excluding hydrogens is 592 g/mol. The van der Waals surface area contributed by atoms with E-state index < -0.39 is 6.04 Å². The number of hydrogen-bond acceptors (Lipinski definition) is 8. The van der Waals surface area contributed by atoms with E-state index in [4.69, 9.17) is 15.2 Å². The van der Waals surface area contributed by atoms with Gasteiger partial charge in [0.2, 0.25) is 17.6 Å². The van der Waals surface area contributed by atoms with E-state index in [1.807, 2.05) is 24.3 Å². The van der Waals surface area contributed by atoms with E-state index in [1.54, 1.807) is 19.2 Å². The molecule has 12 nitrogen and oxygen atoms in total. The predicted octanol–water partition coefficient (Wildman–Crippen LogP) is 3.28. The average Bonchev–Trinajstić information content (AvgIpc) is 3.52. The number of tetrazole rings is 1. The topological polar surface area (TPSA) is 169 Å². The number of amides is 2. The Morgan fingerprint density at radius 2 is 1.90 bits per heavy atom. The van der Waals surface area contributed by atoms with Crippen LogP contribution in [0, 0.1) is 5.92 Å². The van der Waals surface area contributed by atoms with Crippen LogP contribution in [0.15, 0.2) is 45.9 Å². The van der Waals surface area contributed by atoms with E-state index >= 15 is 0 Å². The van der Waals surface area contributed by atoms with Crippen LogP contribution in [0.25, 0.3) is 11.4 Å². The van der Waals surface area contributed by atoms with E-state index in [1.165, 1.54) is 13.5 Å². The van der Waals surface area contributed by atoms with Crippen molar-refractivity contribution >= 4 is 33.7 Å². The van der Waals surface area contributed by atoms with Gasteiger partial charge < -0.3 is 20.5 Å². The molecule has 1 aliphatic carbocycles. The largest absolute Gasteiger partial charge is 0.493 e. The Labute approximate surface area is 247 Å². The highest BCUT2D eigenvalue weighted by molar-refractivity contribution is 9.10. The standard InChI is InChI=1S/C28H35BrN8O4/c1-40-23-13-20(21(29)15-24(23)41-2)14-25(38)33-28(30)32-22(12-17-7-4-3-5-8-17)27(39)31-16-18-9-6-10-19(11-18)26-34-36-37-35-26/h6,9-11,13,15,17,22H,3-5,7-8,12,14,16H2,1-2H3,(H,31,39)(H3,30,32,33,38)(H,34,35,36,37). The van der Waals surface area contributed by atoms with Crippen molar-refractivity contribution in [3.63, 3.8) is 0 Å². The fraction of sp³-hybridized carbons (Fsp3) is 0.429. The summed E-state index contributed by atoms with van der Waals surface area (Å²) in [5.41, 5.74) is 8.50. The van der Waals surface area contributed by atoms with Crippen LogP contribution in [0.4, 0.5) is 0 Å². The minimum atomic E-state index is -0.730. The summed E-state index contributed by atoms with van der Waals surface area (Å²) in [4.78, 5) is 30.6. The number of methoxy groups -OCH3 is 2. The van der Waals surface area contributed by atoms with Crippen LogP contribution < -0.4 is 25.8 Å². The number of aromatic amines is 1. The van der Waals surface area contributed by atoms with Crippen LogP contribution in [0.5, 0.6) is 11.5 Å². The van der Waals surface area contributed by atoms with Crippen LogP contribution in [-0.2, 0) is 22.6 Å². The Balaban J connectivity index is 1.43. The van der Waals surface area contributed by atoms with E-state index in [2.05, 4.69) is 52.2 Å². The first-order valence-corrected chi connectivity index (χ1v) is 14.3. The molecule has 5 N–H and O–H groups in total. The van der Waals surface area contributed by atoms with Crippen LogP contribution in [0.2, 0.25) is 0 Å². The predicted molar refractivity (Wildman–Crippen MR) is 157 cm³/mol. The molecule has 1 atom stereocenters. The van der Waals surface area contributed by atoms with Gasteiger partial charge in [-0.05, 0) is 46.9 Å². The Hall–Kier alpha value is -4.00. The van der Waals surface area contributed by atoms with Crippen LogP contribution in [0.3, 0.4) is 0 Å². The zero-order valence-corrected chi connectivity index (χ0v) is 24.7. The SMILES string of the molecule is COc1cc(Br)c(CC(=O)NC(N)=NC(CC2CCCCC2)C(=O)NCc2cccc(-c3nn[nH]n3)c2)cc1OC. The Morgan fingerprint density at radius 3 is 2.61 bits per heavy atom. The maximum atomic E-state index is 13.3. The molecule has 2 amide bonds. The molecule has 41 heavy (non-hydrogen) atoms. The smallest absolute Gasteiger partial charge is 0.245 e. The van der Waals surface area contributed by atoms with E-state index in [9.17, 15) is 9.59 Å². The van der Waals surface area contributed by atoms with Gasteiger partial charge in [-0.3, -0.25) is 14.9 Å². The second-order valence-electron chi connectivity index (χ2n) is 9.95. The summed E-state index contributed by atoms with van der Waals surface area (Å²) in [7, 11) is 3.07. The van der Waals surface area contributed by atoms with Gasteiger partial charge in [0.1, 0.15) is 6.04 Å². The third-order valence-corrected chi connectivity index (χ3v) is 7.79. The number of halogens is 1. The number of ether oxygens (including phenoxy) is 2. The maximum absolute atomic E-state index is 13.3. The van der Waals surface area contributed by atoms with Gasteiger partial charge >= 0.3 is 0 Å². The van der Waals surface area contributed by atoms with Crippen LogP contribution in [-0.4, -0.2) is 58.7 Å². The summed E-state index contributed by atoms with van der Waals surface area (Å²) in [5.74, 6) is 1.18. The first-order valence-electron chi connectivity index (χ1n) is 13.5. The van der Waals surface area contributed by atoms with Crippen LogP contribution in [0.1, 0.15) is 49.7 Å². The number of guanidine groups is 1. The van der Waals surface area contributed by atoms with E-state index in [0.717, 1.165) is 36.8 Å². The molecule has 3 aromatic rings. The number of rotatable bonds is 11. The highest BCUT2D eigenvalue weighted by atomic mass is 79.9. The number of aromatic nitrogens is 4. The number of aliphatic imine (C=N–C) groups is 1. The van der Waals surface area contributed by atoms with Gasteiger partial charge in [-0.1, -0.05) is 66.2 Å². The number of H-pyrrole nitrogens is 1. The fourth-order valence-electron chi connectivity index (χ4n) is 4.96. The van der Waals surface area contributed by atoms with Crippen molar-refractivity contribution in [3.05, 3.63) is 52.0 Å². The van der Waals surface area contributed by atoms with Crippen molar-refractivity contribution in [2.24, 2.45) is 16.6 Å². The first-order chi connectivity index (χ1) is 19.9. The summed E-state index contributed by atoms with van der Waals surface area (Å²) in [5, 5.41) is 19.7. The zero-order chi connectivity index (χ0) is 29.2. The molecule has 0 spiro atoms. The lowest BCUT2D eigenvalue weighted by Crippen LogP contribution is -2.42. The molecule has 1 fully saturated rings. The molecule has 13 heteroatoms. The normalized spacial score (nSPS) is 14.8. The van der Waals surface area contributed by atoms with Crippen molar-refractivity contribution in [2.45, 2.75) is 57.5 Å². The number of nitrogens with zero attached hydrogens (tertiary/aromatic N) is 4. The molecule has 2 aromatic carbocycles. The van der Waals surface area contributed by atoms with Gasteiger partial charge in [0.05, 0.1) is 20.6 Å². The summed E-state index contributed by atoms with van der Waals surface area (Å²) in [6, 6.07) is 10.3. The monoisotopic (exact) mass is 626 g/mol. The maximum Gasteiger partial charge on any atom is 0.245 e. The molecule has 218 valence electrons. The van der Waals surface area contributed by atoms with Crippen LogP contribution >= 0.6 is 15.9 Å². The van der Waals surface area contributed by atoms with Crippen molar-refractivity contribution in [1.29, 1.82) is 0 Å². The lowest BCUT2D eigenvalue weighted by molar-refractivity contribution is -0.123. The molecule has 0 radical (unpaired) electrons. The van der Waals surface area contributed by atoms with E-state index in [-0.39, 0.29) is 24.2 Å². The van der Waals surface area contributed by atoms with Gasteiger partial charge in [-0.25, -0.2) is 4.99 Å². The van der Waals surface area contributed by atoms with Crippen molar-refractivity contribution in [1.82, 2.24) is 31.3 Å². The third kappa shape index (κ3) is 8.49. The lowest BCUT2D eigenvalue weighted by atomic mass is 9.84. The number of nitrogens with two attached hydrogens (primary N) is 1. The first kappa shape index (κ1) is 30.0. The number of carbonyl (C=O) groups is 2. The van der Waals surface area contributed by atoms with Crippen molar-refractivity contribution < 1.29 is 19.1 Å². The van der Waals surface area contributed by atoms with Crippen molar-refractivity contribution in [2.75, 3.05) is 14.2 Å². The highest BCUT2D eigenvalue weighted by Gasteiger charge is 2.25.